The molecule has 0 radical (unpaired) electrons. The molecule has 138 valence electrons. The number of hydrogen-bond donors (Lipinski definition) is 1. The first-order chi connectivity index (χ1) is 13.7. The highest BCUT2D eigenvalue weighted by Gasteiger charge is 2.11. The van der Waals surface area contributed by atoms with E-state index in [0.29, 0.717) is 22.0 Å². The van der Waals surface area contributed by atoms with E-state index < -0.39 is 5.97 Å². The summed E-state index contributed by atoms with van der Waals surface area (Å²) in [5.74, 6) is 0.00334. The zero-order chi connectivity index (χ0) is 19.3. The lowest BCUT2D eigenvalue weighted by Crippen LogP contribution is -2.09. The van der Waals surface area contributed by atoms with Gasteiger partial charge in [0.1, 0.15) is 5.75 Å². The second-order valence-electron chi connectivity index (χ2n) is 5.79. The molecule has 0 saturated heterocycles. The molecular weight excluding hydrogens is 438 g/mol. The van der Waals surface area contributed by atoms with Crippen molar-refractivity contribution >= 4 is 54.8 Å². The quantitative estimate of drug-likeness (QED) is 0.182. The van der Waals surface area contributed by atoms with E-state index in [4.69, 9.17) is 4.74 Å². The van der Waals surface area contributed by atoms with Crippen molar-refractivity contribution in [1.82, 2.24) is 4.98 Å². The van der Waals surface area contributed by atoms with Gasteiger partial charge in [-0.15, -0.1) is 0 Å². The summed E-state index contributed by atoms with van der Waals surface area (Å²) in [7, 11) is 0. The van der Waals surface area contributed by atoms with Crippen LogP contribution in [-0.4, -0.2) is 17.2 Å². The molecule has 4 rings (SSSR count). The molecule has 1 aromatic heterocycles. The molecule has 1 N–H and O–H groups in total. The predicted molar refractivity (Wildman–Crippen MR) is 116 cm³/mol. The number of ether oxygens (including phenoxy) is 1. The van der Waals surface area contributed by atoms with Crippen molar-refractivity contribution in [3.63, 3.8) is 0 Å². The van der Waals surface area contributed by atoms with Crippen LogP contribution in [0.1, 0.15) is 15.9 Å². The van der Waals surface area contributed by atoms with Gasteiger partial charge in [0.15, 0.2) is 0 Å². The first-order valence-electron chi connectivity index (χ1n) is 8.40. The SMILES string of the molecule is O=C(Oc1ccccc1/C=N\Nc1nc2ccccc2s1)c1cccc(Br)c1. The van der Waals surface area contributed by atoms with Crippen LogP contribution in [0.3, 0.4) is 0 Å². The van der Waals surface area contributed by atoms with Gasteiger partial charge in [-0.05, 0) is 42.5 Å². The van der Waals surface area contributed by atoms with E-state index in [0.717, 1.165) is 14.7 Å². The average Bonchev–Trinajstić information content (AvgIpc) is 3.12. The van der Waals surface area contributed by atoms with Gasteiger partial charge in [-0.25, -0.2) is 9.78 Å². The third-order valence-corrected chi connectivity index (χ3v) is 5.27. The Kier molecular flexibility index (Phi) is 5.45. The summed E-state index contributed by atoms with van der Waals surface area (Å²) < 4.78 is 7.45. The Morgan fingerprint density at radius 1 is 1.07 bits per heavy atom. The summed E-state index contributed by atoms with van der Waals surface area (Å²) in [5.41, 5.74) is 5.00. The van der Waals surface area contributed by atoms with Gasteiger partial charge in [0.2, 0.25) is 5.13 Å². The van der Waals surface area contributed by atoms with Gasteiger partial charge in [0, 0.05) is 10.0 Å². The van der Waals surface area contributed by atoms with Crippen LogP contribution >= 0.6 is 27.3 Å². The van der Waals surface area contributed by atoms with E-state index in [2.05, 4.69) is 31.4 Å². The zero-order valence-electron chi connectivity index (χ0n) is 14.5. The monoisotopic (exact) mass is 451 g/mol. The Morgan fingerprint density at radius 3 is 2.75 bits per heavy atom. The summed E-state index contributed by atoms with van der Waals surface area (Å²) >= 11 is 4.88. The van der Waals surface area contributed by atoms with Crippen LogP contribution in [0.5, 0.6) is 5.75 Å². The minimum absolute atomic E-state index is 0.429. The lowest BCUT2D eigenvalue weighted by atomic mass is 10.2. The summed E-state index contributed by atoms with van der Waals surface area (Å²) in [6, 6.07) is 22.2. The Bertz CT molecular complexity index is 1140. The molecule has 0 aliphatic heterocycles. The van der Waals surface area contributed by atoms with Gasteiger partial charge in [-0.1, -0.05) is 57.6 Å². The molecule has 0 aliphatic carbocycles. The molecule has 4 aromatic rings. The molecule has 0 atom stereocenters. The number of halogens is 1. The number of rotatable bonds is 5. The number of nitrogens with zero attached hydrogens (tertiary/aromatic N) is 2. The van der Waals surface area contributed by atoms with E-state index in [1.54, 1.807) is 30.5 Å². The maximum atomic E-state index is 12.4. The van der Waals surface area contributed by atoms with Crippen molar-refractivity contribution in [3.05, 3.63) is 88.4 Å². The number of nitrogens with one attached hydrogen (secondary N) is 1. The molecule has 0 bridgehead atoms. The van der Waals surface area contributed by atoms with Gasteiger partial charge < -0.3 is 4.74 Å². The summed E-state index contributed by atoms with van der Waals surface area (Å²) in [6.07, 6.45) is 1.61. The van der Waals surface area contributed by atoms with Gasteiger partial charge >= 0.3 is 5.97 Å². The van der Waals surface area contributed by atoms with Gasteiger partial charge in [0.05, 0.1) is 22.0 Å². The van der Waals surface area contributed by atoms with Crippen molar-refractivity contribution in [1.29, 1.82) is 0 Å². The third kappa shape index (κ3) is 4.27. The van der Waals surface area contributed by atoms with E-state index in [1.807, 2.05) is 48.5 Å². The molecule has 0 saturated carbocycles. The van der Waals surface area contributed by atoms with E-state index in [-0.39, 0.29) is 0 Å². The van der Waals surface area contributed by atoms with E-state index in [1.165, 1.54) is 11.3 Å². The fourth-order valence-electron chi connectivity index (χ4n) is 2.53. The topological polar surface area (TPSA) is 63.6 Å². The number of hydrogen-bond acceptors (Lipinski definition) is 6. The zero-order valence-corrected chi connectivity index (χ0v) is 16.9. The van der Waals surface area contributed by atoms with Crippen LogP contribution in [-0.2, 0) is 0 Å². The summed E-state index contributed by atoms with van der Waals surface area (Å²) in [6.45, 7) is 0. The first kappa shape index (κ1) is 18.3. The van der Waals surface area contributed by atoms with Crippen molar-refractivity contribution in [2.75, 3.05) is 5.43 Å². The fourth-order valence-corrected chi connectivity index (χ4v) is 3.75. The average molecular weight is 452 g/mol. The number of anilines is 1. The minimum atomic E-state index is -0.429. The number of hydrazone groups is 1. The summed E-state index contributed by atoms with van der Waals surface area (Å²) in [4.78, 5) is 16.9. The van der Waals surface area contributed by atoms with Gasteiger partial charge in [-0.2, -0.15) is 5.10 Å². The molecule has 3 aromatic carbocycles. The standard InChI is InChI=1S/C21H14BrN3O2S/c22-16-8-5-7-14(12-16)20(26)27-18-10-3-1-6-15(18)13-23-25-21-24-17-9-2-4-11-19(17)28-21/h1-13H,(H,24,25)/b23-13-. The predicted octanol–water partition coefficient (Wildman–Crippen LogP) is 5.72. The number of fused-ring (bicyclic) bond motifs is 1. The van der Waals surface area contributed by atoms with Crippen LogP contribution in [0.25, 0.3) is 10.2 Å². The Balaban J connectivity index is 1.49. The Hall–Kier alpha value is -3.03. The van der Waals surface area contributed by atoms with Crippen LogP contribution < -0.4 is 10.2 Å². The van der Waals surface area contributed by atoms with Crippen molar-refractivity contribution in [3.8, 4) is 5.75 Å². The lowest BCUT2D eigenvalue weighted by molar-refractivity contribution is 0.0734. The third-order valence-electron chi connectivity index (χ3n) is 3.84. The molecule has 7 heteroatoms. The highest BCUT2D eigenvalue weighted by molar-refractivity contribution is 9.10. The van der Waals surface area contributed by atoms with E-state index in [9.17, 15) is 4.79 Å². The van der Waals surface area contributed by atoms with Crippen molar-refractivity contribution in [2.24, 2.45) is 5.10 Å². The van der Waals surface area contributed by atoms with Gasteiger partial charge in [-0.3, -0.25) is 5.43 Å². The second kappa shape index (κ2) is 8.33. The molecule has 0 fully saturated rings. The molecular formula is C21H14BrN3O2S. The summed E-state index contributed by atoms with van der Waals surface area (Å²) in [5, 5.41) is 4.93. The maximum Gasteiger partial charge on any atom is 0.343 e. The van der Waals surface area contributed by atoms with Crippen LogP contribution in [0.2, 0.25) is 0 Å². The number of para-hydroxylation sites is 2. The second-order valence-corrected chi connectivity index (χ2v) is 7.74. The molecule has 0 aliphatic rings. The molecule has 1 heterocycles. The normalized spacial score (nSPS) is 11.0. The number of carbonyl (C=O) groups is 1. The van der Waals surface area contributed by atoms with Gasteiger partial charge in [0.25, 0.3) is 0 Å². The lowest BCUT2D eigenvalue weighted by Gasteiger charge is -2.07. The van der Waals surface area contributed by atoms with Crippen LogP contribution in [0.15, 0.2) is 82.4 Å². The molecule has 5 nitrogen and oxygen atoms in total. The number of carbonyl (C=O) groups excluding carboxylic acids is 1. The minimum Gasteiger partial charge on any atom is -0.422 e. The highest BCUT2D eigenvalue weighted by Crippen LogP contribution is 2.25. The van der Waals surface area contributed by atoms with Crippen LogP contribution in [0.4, 0.5) is 5.13 Å². The number of thiazole rings is 1. The van der Waals surface area contributed by atoms with Crippen LogP contribution in [0, 0.1) is 0 Å². The van der Waals surface area contributed by atoms with E-state index >= 15 is 0 Å². The molecule has 0 unspecified atom stereocenters. The molecule has 0 amide bonds. The number of benzene rings is 3. The molecule has 28 heavy (non-hydrogen) atoms. The first-order valence-corrected chi connectivity index (χ1v) is 10.0. The van der Waals surface area contributed by atoms with Crippen molar-refractivity contribution in [2.45, 2.75) is 0 Å². The maximum absolute atomic E-state index is 12.4. The number of esters is 1. The smallest absolute Gasteiger partial charge is 0.343 e. The largest absolute Gasteiger partial charge is 0.422 e. The fraction of sp³-hybridized carbons (Fsp3) is 0. The Morgan fingerprint density at radius 2 is 1.89 bits per heavy atom. The highest BCUT2D eigenvalue weighted by atomic mass is 79.9. The molecule has 0 spiro atoms. The Labute approximate surface area is 173 Å². The number of aromatic nitrogens is 1. The van der Waals surface area contributed by atoms with Crippen molar-refractivity contribution < 1.29 is 9.53 Å².